The number of nitrogens with one attached hydrogen (secondary N) is 1. The summed E-state index contributed by atoms with van der Waals surface area (Å²) in [6, 6.07) is 13.6. The third kappa shape index (κ3) is 3.22. The molecule has 0 aliphatic carbocycles. The molecule has 0 radical (unpaired) electrons. The monoisotopic (exact) mass is 272 g/mol. The summed E-state index contributed by atoms with van der Waals surface area (Å²) in [6.07, 6.45) is 0. The Morgan fingerprint density at radius 1 is 1.20 bits per heavy atom. The lowest BCUT2D eigenvalue weighted by Crippen LogP contribution is -2.22. The molecule has 20 heavy (non-hydrogen) atoms. The zero-order valence-electron chi connectivity index (χ0n) is 11.3. The third-order valence-corrected chi connectivity index (χ3v) is 3.25. The standard InChI is InChI=1S/C16H17FN2O/c1-11(13-7-4-5-9-15(13)17)19-10-12-6-2-3-8-14(12)16(18)20/h2-9,11,19H,10H2,1H3,(H2,18,20)/t11-/m1/s1. The van der Waals surface area contributed by atoms with Gasteiger partial charge in [-0.15, -0.1) is 0 Å². The number of carbonyl (C=O) groups excluding carboxylic acids is 1. The van der Waals surface area contributed by atoms with Crippen LogP contribution >= 0.6 is 0 Å². The Labute approximate surface area is 117 Å². The average Bonchev–Trinajstić information content (AvgIpc) is 2.45. The van der Waals surface area contributed by atoms with Gasteiger partial charge < -0.3 is 11.1 Å². The predicted octanol–water partition coefficient (Wildman–Crippen LogP) is 2.78. The van der Waals surface area contributed by atoms with Crippen molar-refractivity contribution in [1.82, 2.24) is 5.32 Å². The van der Waals surface area contributed by atoms with Crippen molar-refractivity contribution < 1.29 is 9.18 Å². The van der Waals surface area contributed by atoms with Gasteiger partial charge in [0.25, 0.3) is 0 Å². The summed E-state index contributed by atoms with van der Waals surface area (Å²) < 4.78 is 13.7. The second kappa shape index (κ2) is 6.30. The van der Waals surface area contributed by atoms with Crippen molar-refractivity contribution in [1.29, 1.82) is 0 Å². The van der Waals surface area contributed by atoms with E-state index in [1.165, 1.54) is 6.07 Å². The van der Waals surface area contributed by atoms with Gasteiger partial charge in [-0.3, -0.25) is 4.79 Å². The molecule has 0 heterocycles. The van der Waals surface area contributed by atoms with Crippen LogP contribution in [0.3, 0.4) is 0 Å². The first-order chi connectivity index (χ1) is 9.59. The Hall–Kier alpha value is -2.20. The minimum absolute atomic E-state index is 0.155. The van der Waals surface area contributed by atoms with Gasteiger partial charge in [0.2, 0.25) is 5.91 Å². The Balaban J connectivity index is 2.10. The van der Waals surface area contributed by atoms with Gasteiger partial charge in [0.05, 0.1) is 0 Å². The molecule has 4 heteroatoms. The van der Waals surface area contributed by atoms with Gasteiger partial charge in [0.1, 0.15) is 5.82 Å². The maximum atomic E-state index is 13.7. The molecule has 3 nitrogen and oxygen atoms in total. The first kappa shape index (κ1) is 14.2. The summed E-state index contributed by atoms with van der Waals surface area (Å²) in [6.45, 7) is 2.33. The van der Waals surface area contributed by atoms with E-state index in [4.69, 9.17) is 5.73 Å². The van der Waals surface area contributed by atoms with Crippen molar-refractivity contribution in [2.24, 2.45) is 5.73 Å². The summed E-state index contributed by atoms with van der Waals surface area (Å²) in [5.74, 6) is -0.698. The summed E-state index contributed by atoms with van der Waals surface area (Å²) in [5, 5.41) is 3.20. The number of carbonyl (C=O) groups is 1. The molecule has 0 aliphatic heterocycles. The predicted molar refractivity (Wildman–Crippen MR) is 76.6 cm³/mol. The Kier molecular flexibility index (Phi) is 4.48. The van der Waals surface area contributed by atoms with Gasteiger partial charge in [-0.25, -0.2) is 4.39 Å². The highest BCUT2D eigenvalue weighted by Crippen LogP contribution is 2.17. The van der Waals surface area contributed by atoms with E-state index in [9.17, 15) is 9.18 Å². The van der Waals surface area contributed by atoms with E-state index in [2.05, 4.69) is 5.32 Å². The van der Waals surface area contributed by atoms with Crippen LogP contribution in [0.25, 0.3) is 0 Å². The summed E-state index contributed by atoms with van der Waals surface area (Å²) >= 11 is 0. The fourth-order valence-electron chi connectivity index (χ4n) is 2.11. The molecule has 0 saturated carbocycles. The van der Waals surface area contributed by atoms with Crippen LogP contribution in [0.15, 0.2) is 48.5 Å². The fourth-order valence-corrected chi connectivity index (χ4v) is 2.11. The van der Waals surface area contributed by atoms with E-state index in [0.29, 0.717) is 17.7 Å². The van der Waals surface area contributed by atoms with E-state index in [-0.39, 0.29) is 11.9 Å². The molecule has 0 unspecified atom stereocenters. The first-order valence-corrected chi connectivity index (χ1v) is 6.45. The second-order valence-electron chi connectivity index (χ2n) is 4.65. The van der Waals surface area contributed by atoms with Crippen molar-refractivity contribution in [3.63, 3.8) is 0 Å². The first-order valence-electron chi connectivity index (χ1n) is 6.45. The molecule has 1 atom stereocenters. The molecule has 2 aromatic rings. The van der Waals surface area contributed by atoms with E-state index in [1.54, 1.807) is 30.3 Å². The maximum absolute atomic E-state index is 13.7. The van der Waals surface area contributed by atoms with E-state index in [1.807, 2.05) is 19.1 Å². The largest absolute Gasteiger partial charge is 0.366 e. The van der Waals surface area contributed by atoms with Crippen molar-refractivity contribution in [2.75, 3.05) is 0 Å². The number of rotatable bonds is 5. The minimum Gasteiger partial charge on any atom is -0.366 e. The van der Waals surface area contributed by atoms with Crippen LogP contribution in [-0.2, 0) is 6.54 Å². The van der Waals surface area contributed by atoms with Gasteiger partial charge in [0.15, 0.2) is 0 Å². The smallest absolute Gasteiger partial charge is 0.249 e. The molecule has 0 bridgehead atoms. The zero-order chi connectivity index (χ0) is 14.5. The molecule has 0 saturated heterocycles. The molecule has 0 fully saturated rings. The molecular formula is C16H17FN2O. The molecule has 104 valence electrons. The lowest BCUT2D eigenvalue weighted by atomic mass is 10.0. The van der Waals surface area contributed by atoms with Gasteiger partial charge in [0, 0.05) is 23.7 Å². The number of primary amides is 1. The molecular weight excluding hydrogens is 255 g/mol. The molecule has 2 aromatic carbocycles. The third-order valence-electron chi connectivity index (χ3n) is 3.25. The second-order valence-corrected chi connectivity index (χ2v) is 4.65. The van der Waals surface area contributed by atoms with Crippen molar-refractivity contribution >= 4 is 5.91 Å². The van der Waals surface area contributed by atoms with Crippen LogP contribution in [0.5, 0.6) is 0 Å². The molecule has 0 aliphatic rings. The summed E-state index contributed by atoms with van der Waals surface area (Å²) in [5.41, 5.74) is 7.23. The van der Waals surface area contributed by atoms with Crippen LogP contribution in [0.1, 0.15) is 34.5 Å². The van der Waals surface area contributed by atoms with Crippen LogP contribution in [0.4, 0.5) is 4.39 Å². The number of nitrogens with two attached hydrogens (primary N) is 1. The maximum Gasteiger partial charge on any atom is 0.249 e. The summed E-state index contributed by atoms with van der Waals surface area (Å²) in [4.78, 5) is 11.3. The molecule has 1 amide bonds. The van der Waals surface area contributed by atoms with Gasteiger partial charge in [-0.2, -0.15) is 0 Å². The highest BCUT2D eigenvalue weighted by Gasteiger charge is 2.11. The summed E-state index contributed by atoms with van der Waals surface area (Å²) in [7, 11) is 0. The Bertz CT molecular complexity index is 613. The van der Waals surface area contributed by atoms with Crippen molar-refractivity contribution in [3.8, 4) is 0 Å². The lowest BCUT2D eigenvalue weighted by Gasteiger charge is -2.16. The van der Waals surface area contributed by atoms with Gasteiger partial charge >= 0.3 is 0 Å². The van der Waals surface area contributed by atoms with Crippen LogP contribution in [0.2, 0.25) is 0 Å². The number of benzene rings is 2. The van der Waals surface area contributed by atoms with Crippen LogP contribution < -0.4 is 11.1 Å². The number of amides is 1. The van der Waals surface area contributed by atoms with Crippen molar-refractivity contribution in [2.45, 2.75) is 19.5 Å². The van der Waals surface area contributed by atoms with Crippen LogP contribution in [0, 0.1) is 5.82 Å². The molecule has 2 rings (SSSR count). The number of hydrogen-bond acceptors (Lipinski definition) is 2. The topological polar surface area (TPSA) is 55.1 Å². The van der Waals surface area contributed by atoms with E-state index in [0.717, 1.165) is 5.56 Å². The Morgan fingerprint density at radius 2 is 1.85 bits per heavy atom. The Morgan fingerprint density at radius 3 is 2.55 bits per heavy atom. The number of hydrogen-bond donors (Lipinski definition) is 2. The average molecular weight is 272 g/mol. The normalized spacial score (nSPS) is 12.1. The quantitative estimate of drug-likeness (QED) is 0.879. The van der Waals surface area contributed by atoms with E-state index >= 15 is 0 Å². The highest BCUT2D eigenvalue weighted by atomic mass is 19.1. The zero-order valence-corrected chi connectivity index (χ0v) is 11.3. The van der Waals surface area contributed by atoms with Crippen LogP contribution in [-0.4, -0.2) is 5.91 Å². The van der Waals surface area contributed by atoms with E-state index < -0.39 is 5.91 Å². The minimum atomic E-state index is -0.457. The highest BCUT2D eigenvalue weighted by molar-refractivity contribution is 5.94. The number of halogens is 1. The SMILES string of the molecule is C[C@@H](NCc1ccccc1C(N)=O)c1ccccc1F. The lowest BCUT2D eigenvalue weighted by molar-refractivity contribution is 0.0999. The fraction of sp³-hybridized carbons (Fsp3) is 0.188. The molecule has 3 N–H and O–H groups in total. The van der Waals surface area contributed by atoms with Gasteiger partial charge in [-0.1, -0.05) is 36.4 Å². The van der Waals surface area contributed by atoms with Gasteiger partial charge in [-0.05, 0) is 24.6 Å². The van der Waals surface area contributed by atoms with Crippen molar-refractivity contribution in [3.05, 3.63) is 71.0 Å². The molecule has 0 spiro atoms. The molecule has 0 aromatic heterocycles.